The molecule has 0 spiro atoms. The molecule has 0 atom stereocenters. The molecule has 1 aliphatic carbocycles. The Morgan fingerprint density at radius 3 is 2.23 bits per heavy atom. The Bertz CT molecular complexity index is 1530. The molecule has 1 fully saturated rings. The monoisotopic (exact) mass is 589 g/mol. The molecule has 0 bridgehead atoms. The summed E-state index contributed by atoms with van der Waals surface area (Å²) in [4.78, 5) is 11.9. The predicted octanol–water partition coefficient (Wildman–Crippen LogP) is 9.17. The van der Waals surface area contributed by atoms with Gasteiger partial charge in [-0.15, -0.1) is 0 Å². The van der Waals surface area contributed by atoms with Crippen molar-refractivity contribution in [2.24, 2.45) is 0 Å². The summed E-state index contributed by atoms with van der Waals surface area (Å²) in [6, 6.07) is 18.3. The van der Waals surface area contributed by atoms with Gasteiger partial charge in [0.15, 0.2) is 0 Å². The molecule has 2 aromatic carbocycles. The molecule has 7 nitrogen and oxygen atoms in total. The van der Waals surface area contributed by atoms with Gasteiger partial charge in [0, 0.05) is 35.1 Å². The second-order valence-electron chi connectivity index (χ2n) is 11.9. The third kappa shape index (κ3) is 8.68. The van der Waals surface area contributed by atoms with Crippen molar-refractivity contribution >= 4 is 22.7 Å². The Morgan fingerprint density at radius 1 is 0.909 bits per heavy atom. The summed E-state index contributed by atoms with van der Waals surface area (Å²) >= 11 is 0. The van der Waals surface area contributed by atoms with E-state index in [9.17, 15) is 10.5 Å². The highest BCUT2D eigenvalue weighted by molar-refractivity contribution is 5.94. The van der Waals surface area contributed by atoms with Crippen LogP contribution in [0.1, 0.15) is 101 Å². The van der Waals surface area contributed by atoms with Crippen LogP contribution < -0.4 is 5.32 Å². The first-order valence-corrected chi connectivity index (χ1v) is 16.4. The normalized spacial score (nSPS) is 13.2. The fraction of sp³-hybridized carbons (Fsp3) is 0.459. The van der Waals surface area contributed by atoms with Crippen LogP contribution in [-0.2, 0) is 6.42 Å². The zero-order valence-electron chi connectivity index (χ0n) is 26.9. The number of aromatic nitrogens is 3. The van der Waals surface area contributed by atoms with E-state index in [1.165, 1.54) is 69.2 Å². The van der Waals surface area contributed by atoms with Gasteiger partial charge in [0.2, 0.25) is 5.95 Å². The standard InChI is InChI=1S/C28H26N6.C9H21N/c1-2-19-8-10-22(11-9-19)26-18-34(24-6-4-3-5-7-24)27-25(26)17-31-28(33-27)32-23-13-20(15-29)12-21(14-23)16-30;1-4-6-7-9-10(3)8-5-2/h8-14,17-18,24H,2-7H2,1H3,(H,31,32,33);4-9H2,1-3H3. The minimum Gasteiger partial charge on any atom is -0.329 e. The number of anilines is 2. The summed E-state index contributed by atoms with van der Waals surface area (Å²) in [5.41, 5.74) is 6.02. The maximum atomic E-state index is 9.29. The average molecular weight is 590 g/mol. The lowest BCUT2D eigenvalue weighted by atomic mass is 9.95. The number of unbranched alkanes of at least 4 members (excludes halogenated alkanes) is 2. The van der Waals surface area contributed by atoms with E-state index in [4.69, 9.17) is 4.98 Å². The van der Waals surface area contributed by atoms with E-state index >= 15 is 0 Å². The van der Waals surface area contributed by atoms with E-state index in [-0.39, 0.29) is 0 Å². The molecule has 7 heteroatoms. The lowest BCUT2D eigenvalue weighted by Gasteiger charge is -2.23. The van der Waals surface area contributed by atoms with Crippen LogP contribution in [-0.4, -0.2) is 39.6 Å². The van der Waals surface area contributed by atoms with Gasteiger partial charge in [-0.1, -0.05) is 77.1 Å². The van der Waals surface area contributed by atoms with E-state index in [2.05, 4.69) is 90.2 Å². The Morgan fingerprint density at radius 2 is 1.61 bits per heavy atom. The molecule has 1 aliphatic rings. The van der Waals surface area contributed by atoms with Crippen LogP contribution in [0.3, 0.4) is 0 Å². The number of benzene rings is 2. The lowest BCUT2D eigenvalue weighted by molar-refractivity contribution is 0.326. The Balaban J connectivity index is 0.000000382. The molecular weight excluding hydrogens is 542 g/mol. The summed E-state index contributed by atoms with van der Waals surface area (Å²) in [6.07, 6.45) is 16.6. The van der Waals surface area contributed by atoms with Crippen molar-refractivity contribution in [3.8, 4) is 23.3 Å². The van der Waals surface area contributed by atoms with Gasteiger partial charge in [-0.3, -0.25) is 0 Å². The SMILES string of the molecule is CCCCCN(C)CCC.CCc1ccc(-c2cn(C3CCCCC3)c3nc(Nc4cc(C#N)cc(C#N)c4)ncc23)cc1. The molecule has 0 saturated heterocycles. The van der Waals surface area contributed by atoms with Crippen molar-refractivity contribution < 1.29 is 0 Å². The van der Waals surface area contributed by atoms with Gasteiger partial charge in [-0.05, 0) is 81.6 Å². The van der Waals surface area contributed by atoms with Crippen LogP contribution in [0.15, 0.2) is 54.9 Å². The minimum absolute atomic E-state index is 0.422. The van der Waals surface area contributed by atoms with E-state index < -0.39 is 0 Å². The predicted molar refractivity (Wildman–Crippen MR) is 181 cm³/mol. The second-order valence-corrected chi connectivity index (χ2v) is 11.9. The number of hydrogen-bond acceptors (Lipinski definition) is 6. The van der Waals surface area contributed by atoms with E-state index in [1.807, 2.05) is 6.20 Å². The quantitative estimate of drug-likeness (QED) is 0.175. The van der Waals surface area contributed by atoms with Crippen molar-refractivity contribution in [1.82, 2.24) is 19.4 Å². The Hall–Kier alpha value is -4.20. The molecule has 0 unspecified atom stereocenters. The van der Waals surface area contributed by atoms with E-state index in [0.717, 1.165) is 35.9 Å². The highest BCUT2D eigenvalue weighted by atomic mass is 15.2. The number of rotatable bonds is 11. The molecule has 4 aromatic rings. The molecule has 0 aliphatic heterocycles. The molecule has 5 rings (SSSR count). The lowest BCUT2D eigenvalue weighted by Crippen LogP contribution is -2.20. The van der Waals surface area contributed by atoms with E-state index in [1.54, 1.807) is 18.2 Å². The topological polar surface area (TPSA) is 93.6 Å². The largest absolute Gasteiger partial charge is 0.329 e. The number of nitrogens with one attached hydrogen (secondary N) is 1. The first kappa shape index (κ1) is 32.7. The molecule has 0 amide bonds. The highest BCUT2D eigenvalue weighted by Crippen LogP contribution is 2.37. The van der Waals surface area contributed by atoms with Crippen LogP contribution in [0.4, 0.5) is 11.6 Å². The molecule has 0 radical (unpaired) electrons. The summed E-state index contributed by atoms with van der Waals surface area (Å²) in [5, 5.41) is 22.8. The smallest absolute Gasteiger partial charge is 0.229 e. The van der Waals surface area contributed by atoms with Crippen LogP contribution >= 0.6 is 0 Å². The van der Waals surface area contributed by atoms with Gasteiger partial charge in [-0.25, -0.2) is 4.98 Å². The molecule has 230 valence electrons. The summed E-state index contributed by atoms with van der Waals surface area (Å²) in [5.74, 6) is 0.453. The van der Waals surface area contributed by atoms with E-state index in [0.29, 0.717) is 28.8 Å². The number of aryl methyl sites for hydroxylation is 1. The third-order valence-corrected chi connectivity index (χ3v) is 8.41. The van der Waals surface area contributed by atoms with Crippen LogP contribution in [0.5, 0.6) is 0 Å². The van der Waals surface area contributed by atoms with Crippen molar-refractivity contribution in [1.29, 1.82) is 10.5 Å². The maximum Gasteiger partial charge on any atom is 0.229 e. The Kier molecular flexibility index (Phi) is 12.3. The summed E-state index contributed by atoms with van der Waals surface area (Å²) < 4.78 is 2.33. The maximum absolute atomic E-state index is 9.29. The van der Waals surface area contributed by atoms with Crippen LogP contribution in [0, 0.1) is 22.7 Å². The molecule has 44 heavy (non-hydrogen) atoms. The molecule has 1 N–H and O–H groups in total. The second kappa shape index (κ2) is 16.6. The van der Waals surface area contributed by atoms with Crippen LogP contribution in [0.25, 0.3) is 22.2 Å². The summed E-state index contributed by atoms with van der Waals surface area (Å²) in [7, 11) is 2.21. The number of nitrogens with zero attached hydrogens (tertiary/aromatic N) is 6. The van der Waals surface area contributed by atoms with Gasteiger partial charge >= 0.3 is 0 Å². The van der Waals surface area contributed by atoms with Gasteiger partial charge in [0.1, 0.15) is 5.65 Å². The highest BCUT2D eigenvalue weighted by Gasteiger charge is 2.21. The zero-order valence-corrected chi connectivity index (χ0v) is 26.9. The minimum atomic E-state index is 0.422. The van der Waals surface area contributed by atoms with Crippen molar-refractivity contribution in [3.63, 3.8) is 0 Å². The molecular formula is C37H47N7. The van der Waals surface area contributed by atoms with Gasteiger partial charge < -0.3 is 14.8 Å². The fourth-order valence-corrected chi connectivity index (χ4v) is 5.96. The van der Waals surface area contributed by atoms with Crippen molar-refractivity contribution in [3.05, 3.63) is 71.5 Å². The molecule has 1 saturated carbocycles. The third-order valence-electron chi connectivity index (χ3n) is 8.41. The summed E-state index contributed by atoms with van der Waals surface area (Å²) in [6.45, 7) is 9.18. The van der Waals surface area contributed by atoms with Gasteiger partial charge in [-0.2, -0.15) is 15.5 Å². The van der Waals surface area contributed by atoms with Crippen LogP contribution in [0.2, 0.25) is 0 Å². The van der Waals surface area contributed by atoms with Crippen molar-refractivity contribution in [2.75, 3.05) is 25.5 Å². The Labute approximate surface area is 263 Å². The molecule has 2 aromatic heterocycles. The number of hydrogen-bond donors (Lipinski definition) is 1. The van der Waals surface area contributed by atoms with Crippen molar-refractivity contribution in [2.45, 2.75) is 91.0 Å². The first-order chi connectivity index (χ1) is 21.5. The zero-order chi connectivity index (χ0) is 31.3. The average Bonchev–Trinajstić information content (AvgIpc) is 3.44. The van der Waals surface area contributed by atoms with Gasteiger partial charge in [0.25, 0.3) is 0 Å². The number of nitriles is 2. The first-order valence-electron chi connectivity index (χ1n) is 16.4. The van der Waals surface area contributed by atoms with Gasteiger partial charge in [0.05, 0.1) is 23.3 Å². The number of fused-ring (bicyclic) bond motifs is 1. The fourth-order valence-electron chi connectivity index (χ4n) is 5.96. The molecule has 2 heterocycles.